The Bertz CT molecular complexity index is 67.5. The molecule has 0 rings (SSSR count). The van der Waals surface area contributed by atoms with E-state index in [-0.39, 0.29) is 35.0 Å². The van der Waals surface area contributed by atoms with E-state index in [2.05, 4.69) is 0 Å². The molecule has 0 aromatic rings. The monoisotopic (exact) mass is 339 g/mol. The molecule has 0 bridgehead atoms. The molecule has 8 N–H and O–H groups in total. The van der Waals surface area contributed by atoms with Gasteiger partial charge in [-0.05, 0) is 0 Å². The zero-order chi connectivity index (χ0) is 6.41. The molecule has 0 saturated heterocycles. The predicted octanol–water partition coefficient (Wildman–Crippen LogP) is -4.82. The van der Waals surface area contributed by atoms with Crippen LogP contribution >= 0.6 is 0 Å². The van der Waals surface area contributed by atoms with Gasteiger partial charge in [0, 0.05) is 0 Å². The summed E-state index contributed by atoms with van der Waals surface area (Å²) >= 11 is -8.12. The molecule has 0 aliphatic heterocycles. The zero-order valence-corrected chi connectivity index (χ0v) is 5.77. The van der Waals surface area contributed by atoms with Gasteiger partial charge in [0.2, 0.25) is 0 Å². The fourth-order valence-corrected chi connectivity index (χ4v) is 0. The van der Waals surface area contributed by atoms with Crippen molar-refractivity contribution < 1.29 is 43.9 Å². The van der Waals surface area contributed by atoms with Crippen molar-refractivity contribution in [3.05, 3.63) is 0 Å². The minimum atomic E-state index is -8.12. The molecule has 9 heavy (non-hydrogen) atoms. The van der Waals surface area contributed by atoms with Crippen LogP contribution in [0.15, 0.2) is 0 Å². The summed E-state index contributed by atoms with van der Waals surface area (Å²) in [6.07, 6.45) is 0. The van der Waals surface area contributed by atoms with Crippen molar-refractivity contribution >= 4 is 29.6 Å². The second-order valence-corrected chi connectivity index (χ2v) is 7.77. The molecule has 0 aromatic heterocycles. The first-order valence-electron chi connectivity index (χ1n) is 0.849. The van der Waals surface area contributed by atoms with Crippen LogP contribution in [0.4, 0.5) is 0 Å². The molecule has 0 saturated carbocycles. The van der Waals surface area contributed by atoms with Gasteiger partial charge in [-0.3, -0.25) is 0 Å². The summed E-state index contributed by atoms with van der Waals surface area (Å²) in [4.78, 5) is 0. The predicted molar refractivity (Wildman–Crippen MR) is 24.1 cm³/mol. The first-order chi connectivity index (χ1) is 2.45. The Balaban J connectivity index is -0.000000180. The fraction of sp³-hybridized carbons (Fsp3) is 0. The van der Waals surface area contributed by atoms with E-state index in [0.29, 0.717) is 0 Å². The van der Waals surface area contributed by atoms with Gasteiger partial charge in [0.25, 0.3) is 0 Å². The Kier molecular flexibility index (Phi) is 4.61. The van der Waals surface area contributed by atoms with Gasteiger partial charge in [-0.15, -0.1) is 0 Å². The number of rotatable bonds is 0. The van der Waals surface area contributed by atoms with Crippen LogP contribution in [0.1, 0.15) is 0 Å². The Morgan fingerprint density at radius 3 is 0.667 bits per heavy atom. The first kappa shape index (κ1) is 16.8. The number of hydrogen-bond acceptors (Lipinski definition) is 6. The third-order valence-electron chi connectivity index (χ3n) is 0. The van der Waals surface area contributed by atoms with E-state index in [1.807, 2.05) is 0 Å². The SMILES string of the molecule is O.[NaH].[OH][Pt]([OH])([OH])([OH])([OH])[OH]. The molecule has 0 spiro atoms. The van der Waals surface area contributed by atoms with Crippen LogP contribution < -0.4 is 0 Å². The quantitative estimate of drug-likeness (QED) is 0.244. The fourth-order valence-electron chi connectivity index (χ4n) is 0. The van der Waals surface area contributed by atoms with E-state index in [1.54, 1.807) is 0 Å². The summed E-state index contributed by atoms with van der Waals surface area (Å²) < 4.78 is 44.5. The van der Waals surface area contributed by atoms with Crippen LogP contribution in [-0.2, 0) is 15.8 Å². The van der Waals surface area contributed by atoms with Gasteiger partial charge in [0.15, 0.2) is 0 Å². The molecular weight excluding hydrogens is 330 g/mol. The van der Waals surface area contributed by atoms with Crippen molar-refractivity contribution in [1.82, 2.24) is 0 Å². The van der Waals surface area contributed by atoms with Crippen LogP contribution in [0, 0.1) is 0 Å². The average molecular weight is 339 g/mol. The molecule has 0 radical (unpaired) electrons. The Morgan fingerprint density at radius 1 is 0.667 bits per heavy atom. The normalized spacial score (nSPS) is 18.0. The van der Waals surface area contributed by atoms with E-state index < -0.39 is 15.8 Å². The van der Waals surface area contributed by atoms with Gasteiger partial charge in [-0.2, -0.15) is 0 Å². The van der Waals surface area contributed by atoms with Crippen molar-refractivity contribution in [2.24, 2.45) is 0 Å². The third kappa shape index (κ3) is 260. The van der Waals surface area contributed by atoms with Crippen molar-refractivity contribution in [2.45, 2.75) is 0 Å². The van der Waals surface area contributed by atoms with Gasteiger partial charge >= 0.3 is 68.0 Å². The molecule has 0 aliphatic carbocycles. The second-order valence-electron chi connectivity index (χ2n) is 0.949. The average Bonchev–Trinajstić information content (AvgIpc) is 0.592. The van der Waals surface area contributed by atoms with Crippen molar-refractivity contribution in [3.8, 4) is 0 Å². The maximum atomic E-state index is 7.41. The Morgan fingerprint density at radius 2 is 0.667 bits per heavy atom. The molecule has 0 heterocycles. The summed E-state index contributed by atoms with van der Waals surface area (Å²) in [6.45, 7) is 0. The van der Waals surface area contributed by atoms with E-state index >= 15 is 0 Å². The zero-order valence-electron chi connectivity index (χ0n) is 3.50. The van der Waals surface area contributed by atoms with Crippen LogP contribution in [-0.4, -0.2) is 57.6 Å². The maximum absolute atomic E-state index is 8.12. The molecule has 0 fully saturated rings. The van der Waals surface area contributed by atoms with Crippen LogP contribution in [0.25, 0.3) is 0 Å². The standard InChI is InChI=1S/Na.7H2O.Pt.H/h;7*1H2;;/q;;;;;;;;+6;/p-6. The van der Waals surface area contributed by atoms with E-state index in [4.69, 9.17) is 22.6 Å². The molecule has 0 amide bonds. The van der Waals surface area contributed by atoms with E-state index in [9.17, 15) is 0 Å². The molecule has 0 aromatic carbocycles. The van der Waals surface area contributed by atoms with Gasteiger partial charge in [-0.25, -0.2) is 0 Å². The molecule has 7 nitrogen and oxygen atoms in total. The van der Waals surface area contributed by atoms with Crippen molar-refractivity contribution in [1.29, 1.82) is 0 Å². The molecule has 62 valence electrons. The summed E-state index contributed by atoms with van der Waals surface area (Å²) in [5, 5.41) is 0. The van der Waals surface area contributed by atoms with E-state index in [1.165, 1.54) is 0 Å². The summed E-state index contributed by atoms with van der Waals surface area (Å²) in [6, 6.07) is 0. The van der Waals surface area contributed by atoms with E-state index in [0.717, 1.165) is 0 Å². The second kappa shape index (κ2) is 2.47. The number of hydrogen-bond donors (Lipinski definition) is 6. The molecule has 0 atom stereocenters. The van der Waals surface area contributed by atoms with Crippen LogP contribution in [0.5, 0.6) is 0 Å². The topological polar surface area (TPSA) is 153 Å². The minimum absolute atomic E-state index is 0. The van der Waals surface area contributed by atoms with Crippen molar-refractivity contribution in [3.63, 3.8) is 0 Å². The summed E-state index contributed by atoms with van der Waals surface area (Å²) in [5.74, 6) is 0. The Labute approximate surface area is 73.0 Å². The van der Waals surface area contributed by atoms with Gasteiger partial charge in [0.1, 0.15) is 0 Å². The first-order valence-corrected chi connectivity index (χ1v) is 6.95. The van der Waals surface area contributed by atoms with Gasteiger partial charge < -0.3 is 5.48 Å². The third-order valence-corrected chi connectivity index (χ3v) is 0. The molecule has 0 unspecified atom stereocenters. The molecular formula is H9NaO7Pt. The molecule has 9 heteroatoms. The van der Waals surface area contributed by atoms with Gasteiger partial charge in [0.05, 0.1) is 0 Å². The van der Waals surface area contributed by atoms with Crippen LogP contribution in [0.3, 0.4) is 0 Å². The van der Waals surface area contributed by atoms with Gasteiger partial charge in [-0.1, -0.05) is 0 Å². The Hall–Kier alpha value is 1.41. The van der Waals surface area contributed by atoms with Crippen molar-refractivity contribution in [2.75, 3.05) is 0 Å². The summed E-state index contributed by atoms with van der Waals surface area (Å²) in [5.41, 5.74) is 0. The van der Waals surface area contributed by atoms with Crippen LogP contribution in [0.2, 0.25) is 0 Å². The summed E-state index contributed by atoms with van der Waals surface area (Å²) in [7, 11) is 0. The molecule has 0 aliphatic rings.